The van der Waals surface area contributed by atoms with Crippen LogP contribution in [0.2, 0.25) is 0 Å². The van der Waals surface area contributed by atoms with Crippen LogP contribution in [-0.2, 0) is 5.75 Å². The number of hydrogen-bond acceptors (Lipinski definition) is 3. The van der Waals surface area contributed by atoms with Gasteiger partial charge in [0, 0.05) is 28.0 Å². The van der Waals surface area contributed by atoms with Crippen LogP contribution in [0.1, 0.15) is 37.1 Å². The minimum Gasteiger partial charge on any atom is -0.395 e. The average Bonchev–Trinajstić information content (AvgIpc) is 2.77. The van der Waals surface area contributed by atoms with Crippen molar-refractivity contribution in [2.45, 2.75) is 32.4 Å². The van der Waals surface area contributed by atoms with Crippen molar-refractivity contribution < 1.29 is 5.11 Å². The van der Waals surface area contributed by atoms with Crippen LogP contribution in [0.15, 0.2) is 11.4 Å². The van der Waals surface area contributed by atoms with E-state index in [2.05, 4.69) is 37.1 Å². The first-order valence-electron chi connectivity index (χ1n) is 6.01. The second-order valence-corrected chi connectivity index (χ2v) is 6.13. The second-order valence-electron chi connectivity index (χ2n) is 4.11. The van der Waals surface area contributed by atoms with Gasteiger partial charge in [0.15, 0.2) is 0 Å². The molecule has 1 unspecified atom stereocenters. The summed E-state index contributed by atoms with van der Waals surface area (Å²) in [4.78, 5) is 1.40. The lowest BCUT2D eigenvalue weighted by molar-refractivity contribution is 0.305. The summed E-state index contributed by atoms with van der Waals surface area (Å²) >= 11 is 3.78. The SMILES string of the molecule is CCC(C)CSCc1cc(C#CCCO)cs1. The normalized spacial score (nSPS) is 11.9. The summed E-state index contributed by atoms with van der Waals surface area (Å²) in [7, 11) is 0. The number of hydrogen-bond donors (Lipinski definition) is 1. The molecule has 0 amide bonds. The zero-order chi connectivity index (χ0) is 12.5. The summed E-state index contributed by atoms with van der Waals surface area (Å²) in [5.41, 5.74) is 1.09. The number of aliphatic hydroxyl groups is 1. The Morgan fingerprint density at radius 1 is 1.53 bits per heavy atom. The molecule has 17 heavy (non-hydrogen) atoms. The van der Waals surface area contributed by atoms with Gasteiger partial charge in [-0.3, -0.25) is 0 Å². The van der Waals surface area contributed by atoms with E-state index in [1.165, 1.54) is 17.1 Å². The summed E-state index contributed by atoms with van der Waals surface area (Å²) < 4.78 is 0. The number of thioether (sulfide) groups is 1. The fourth-order valence-electron chi connectivity index (χ4n) is 1.22. The molecule has 1 aromatic heterocycles. The Kier molecular flexibility index (Phi) is 7.43. The van der Waals surface area contributed by atoms with Crippen LogP contribution in [0, 0.1) is 17.8 Å². The fourth-order valence-corrected chi connectivity index (χ4v) is 3.38. The van der Waals surface area contributed by atoms with Crippen molar-refractivity contribution >= 4 is 23.1 Å². The van der Waals surface area contributed by atoms with Gasteiger partial charge >= 0.3 is 0 Å². The molecule has 94 valence electrons. The molecule has 0 saturated heterocycles. The van der Waals surface area contributed by atoms with Gasteiger partial charge < -0.3 is 5.11 Å². The molecule has 1 heterocycles. The molecule has 1 nitrogen and oxygen atoms in total. The van der Waals surface area contributed by atoms with Gasteiger partial charge in [-0.25, -0.2) is 0 Å². The average molecular weight is 268 g/mol. The predicted molar refractivity (Wildman–Crippen MR) is 78.5 cm³/mol. The zero-order valence-corrected chi connectivity index (χ0v) is 12.2. The summed E-state index contributed by atoms with van der Waals surface area (Å²) in [5, 5.41) is 10.7. The summed E-state index contributed by atoms with van der Waals surface area (Å²) in [6.45, 7) is 4.69. The van der Waals surface area contributed by atoms with Crippen LogP contribution in [0.4, 0.5) is 0 Å². The van der Waals surface area contributed by atoms with Gasteiger partial charge in [0.25, 0.3) is 0 Å². The monoisotopic (exact) mass is 268 g/mol. The van der Waals surface area contributed by atoms with Crippen molar-refractivity contribution in [1.82, 2.24) is 0 Å². The molecule has 0 bridgehead atoms. The molecule has 0 spiro atoms. The summed E-state index contributed by atoms with van der Waals surface area (Å²) in [5.74, 6) is 9.15. The van der Waals surface area contributed by atoms with Crippen molar-refractivity contribution in [2.75, 3.05) is 12.4 Å². The molecule has 0 aliphatic carbocycles. The van der Waals surface area contributed by atoms with Crippen molar-refractivity contribution in [3.8, 4) is 11.8 Å². The third-order valence-electron chi connectivity index (χ3n) is 2.47. The van der Waals surface area contributed by atoms with E-state index in [9.17, 15) is 0 Å². The molecule has 0 aromatic carbocycles. The first kappa shape index (κ1) is 14.6. The van der Waals surface area contributed by atoms with Gasteiger partial charge in [-0.15, -0.1) is 11.3 Å². The van der Waals surface area contributed by atoms with E-state index in [1.54, 1.807) is 11.3 Å². The van der Waals surface area contributed by atoms with E-state index in [4.69, 9.17) is 5.11 Å². The molecule has 1 aromatic rings. The first-order valence-corrected chi connectivity index (χ1v) is 8.04. The van der Waals surface area contributed by atoms with Crippen LogP contribution >= 0.6 is 23.1 Å². The van der Waals surface area contributed by atoms with Crippen molar-refractivity contribution in [1.29, 1.82) is 0 Å². The molecule has 3 heteroatoms. The molecule has 1 N–H and O–H groups in total. The second kappa shape index (κ2) is 8.63. The van der Waals surface area contributed by atoms with E-state index in [0.717, 1.165) is 17.2 Å². The summed E-state index contributed by atoms with van der Waals surface area (Å²) in [6, 6.07) is 2.17. The minimum absolute atomic E-state index is 0.148. The van der Waals surface area contributed by atoms with E-state index >= 15 is 0 Å². The lowest BCUT2D eigenvalue weighted by atomic mass is 10.2. The minimum atomic E-state index is 0.148. The zero-order valence-electron chi connectivity index (χ0n) is 10.5. The molecule has 0 aliphatic rings. The van der Waals surface area contributed by atoms with Gasteiger partial charge in [0.1, 0.15) is 0 Å². The maximum atomic E-state index is 8.64. The smallest absolute Gasteiger partial charge is 0.0540 e. The molecule has 0 aliphatic heterocycles. The van der Waals surface area contributed by atoms with Crippen molar-refractivity contribution in [3.05, 3.63) is 21.9 Å². The Hall–Kier alpha value is -0.430. The maximum Gasteiger partial charge on any atom is 0.0540 e. The van der Waals surface area contributed by atoms with Crippen LogP contribution in [0.3, 0.4) is 0 Å². The van der Waals surface area contributed by atoms with Gasteiger partial charge in [-0.2, -0.15) is 11.8 Å². The molecular formula is C14H20OS2. The highest BCUT2D eigenvalue weighted by Crippen LogP contribution is 2.22. The van der Waals surface area contributed by atoms with Crippen LogP contribution < -0.4 is 0 Å². The van der Waals surface area contributed by atoms with Crippen LogP contribution in [-0.4, -0.2) is 17.5 Å². The third kappa shape index (κ3) is 6.16. The highest BCUT2D eigenvalue weighted by molar-refractivity contribution is 7.98. The standard InChI is InChI=1S/C14H20OS2/c1-3-12(2)9-16-11-14-8-13(10-17-14)6-4-5-7-15/h8,10,12,15H,3,5,7,9,11H2,1-2H3. The van der Waals surface area contributed by atoms with Gasteiger partial charge in [-0.05, 0) is 17.7 Å². The number of rotatable bonds is 6. The molecule has 0 saturated carbocycles. The van der Waals surface area contributed by atoms with Gasteiger partial charge in [-0.1, -0.05) is 32.1 Å². The number of thiophene rings is 1. The predicted octanol–water partition coefficient (Wildman–Crippen LogP) is 3.76. The molecule has 1 rings (SSSR count). The molecule has 0 fully saturated rings. The van der Waals surface area contributed by atoms with Gasteiger partial charge in [0.05, 0.1) is 6.61 Å². The molecular weight excluding hydrogens is 248 g/mol. The molecule has 1 atom stereocenters. The Morgan fingerprint density at radius 3 is 3.06 bits per heavy atom. The number of aliphatic hydroxyl groups excluding tert-OH is 1. The Morgan fingerprint density at radius 2 is 2.35 bits per heavy atom. The fraction of sp³-hybridized carbons (Fsp3) is 0.571. The Balaban J connectivity index is 2.34. The topological polar surface area (TPSA) is 20.2 Å². The Labute approximate surface area is 113 Å². The van der Waals surface area contributed by atoms with Crippen molar-refractivity contribution in [3.63, 3.8) is 0 Å². The van der Waals surface area contributed by atoms with Crippen molar-refractivity contribution in [2.24, 2.45) is 5.92 Å². The van der Waals surface area contributed by atoms with Crippen LogP contribution in [0.5, 0.6) is 0 Å². The summed E-state index contributed by atoms with van der Waals surface area (Å²) in [6.07, 6.45) is 1.82. The van der Waals surface area contributed by atoms with E-state index < -0.39 is 0 Å². The Bertz CT molecular complexity index is 373. The van der Waals surface area contributed by atoms with E-state index in [1.807, 2.05) is 11.8 Å². The maximum absolute atomic E-state index is 8.64. The van der Waals surface area contributed by atoms with E-state index in [-0.39, 0.29) is 6.61 Å². The lowest BCUT2D eigenvalue weighted by Crippen LogP contribution is -1.95. The largest absolute Gasteiger partial charge is 0.395 e. The first-order chi connectivity index (χ1) is 8.26. The lowest BCUT2D eigenvalue weighted by Gasteiger charge is -2.06. The third-order valence-corrected chi connectivity index (χ3v) is 4.91. The van der Waals surface area contributed by atoms with Crippen LogP contribution in [0.25, 0.3) is 0 Å². The van der Waals surface area contributed by atoms with E-state index in [0.29, 0.717) is 6.42 Å². The highest BCUT2D eigenvalue weighted by Gasteiger charge is 2.01. The highest BCUT2D eigenvalue weighted by atomic mass is 32.2. The van der Waals surface area contributed by atoms with Gasteiger partial charge in [0.2, 0.25) is 0 Å². The molecule has 0 radical (unpaired) electrons. The quantitative estimate of drug-likeness (QED) is 0.793.